The van der Waals surface area contributed by atoms with Crippen molar-refractivity contribution in [3.63, 3.8) is 0 Å². The molecular weight excluding hydrogens is 224 g/mol. The Hall–Kier alpha value is -1.44. The number of nitriles is 1. The average molecular weight is 244 g/mol. The Kier molecular flexibility index (Phi) is 4.29. The Morgan fingerprint density at radius 3 is 3.11 bits per heavy atom. The lowest BCUT2D eigenvalue weighted by molar-refractivity contribution is 0.267. The zero-order chi connectivity index (χ0) is 13.0. The number of likely N-dealkylation sites (tertiary alicyclic amines) is 1. The molecule has 1 fully saturated rings. The summed E-state index contributed by atoms with van der Waals surface area (Å²) in [4.78, 5) is 8.77. The van der Waals surface area contributed by atoms with Gasteiger partial charge in [0.2, 0.25) is 0 Å². The first kappa shape index (κ1) is 13.0. The van der Waals surface area contributed by atoms with Gasteiger partial charge in [-0.3, -0.25) is 0 Å². The summed E-state index contributed by atoms with van der Waals surface area (Å²) in [5, 5.41) is 9.01. The molecule has 4 heteroatoms. The van der Waals surface area contributed by atoms with E-state index in [9.17, 15) is 0 Å². The molecule has 0 bridgehead atoms. The molecule has 2 heterocycles. The summed E-state index contributed by atoms with van der Waals surface area (Å²) in [7, 11) is 4.29. The van der Waals surface area contributed by atoms with Crippen molar-refractivity contribution < 1.29 is 0 Å². The van der Waals surface area contributed by atoms with E-state index in [1.807, 2.05) is 12.1 Å². The maximum Gasteiger partial charge on any atom is 0.144 e. The van der Waals surface area contributed by atoms with E-state index in [4.69, 9.17) is 5.26 Å². The van der Waals surface area contributed by atoms with Gasteiger partial charge in [0.1, 0.15) is 11.8 Å². The minimum absolute atomic E-state index is 0.549. The van der Waals surface area contributed by atoms with Crippen molar-refractivity contribution >= 4 is 0 Å². The number of hydrogen-bond acceptors (Lipinski definition) is 4. The third-order valence-electron chi connectivity index (χ3n) is 3.50. The second kappa shape index (κ2) is 5.94. The molecule has 1 aliphatic heterocycles. The van der Waals surface area contributed by atoms with E-state index in [1.54, 1.807) is 6.20 Å². The second-order valence-electron chi connectivity index (χ2n) is 5.24. The van der Waals surface area contributed by atoms with Gasteiger partial charge in [0.25, 0.3) is 0 Å². The monoisotopic (exact) mass is 244 g/mol. The van der Waals surface area contributed by atoms with E-state index in [2.05, 4.69) is 34.9 Å². The summed E-state index contributed by atoms with van der Waals surface area (Å²) in [5.41, 5.74) is 1.57. The molecule has 1 aromatic heterocycles. The van der Waals surface area contributed by atoms with Crippen molar-refractivity contribution in [3.8, 4) is 6.07 Å². The van der Waals surface area contributed by atoms with Gasteiger partial charge in [0, 0.05) is 31.4 Å². The highest BCUT2D eigenvalue weighted by Gasteiger charge is 2.20. The van der Waals surface area contributed by atoms with E-state index in [-0.39, 0.29) is 0 Å². The molecule has 1 saturated heterocycles. The SMILES string of the molecule is CN1CCC(CN(C)Cc2cccnc2C#N)C1. The first-order valence-electron chi connectivity index (χ1n) is 6.40. The molecule has 1 unspecified atom stereocenters. The van der Waals surface area contributed by atoms with Crippen LogP contribution in [0.5, 0.6) is 0 Å². The van der Waals surface area contributed by atoms with Gasteiger partial charge in [0.05, 0.1) is 0 Å². The first-order valence-corrected chi connectivity index (χ1v) is 6.40. The summed E-state index contributed by atoms with van der Waals surface area (Å²) >= 11 is 0. The molecule has 4 nitrogen and oxygen atoms in total. The van der Waals surface area contributed by atoms with Gasteiger partial charge in [-0.2, -0.15) is 5.26 Å². The molecule has 96 valence electrons. The molecule has 0 aromatic carbocycles. The summed E-state index contributed by atoms with van der Waals surface area (Å²) in [6.45, 7) is 4.28. The minimum Gasteiger partial charge on any atom is -0.306 e. The van der Waals surface area contributed by atoms with Gasteiger partial charge in [0.15, 0.2) is 0 Å². The highest BCUT2D eigenvalue weighted by atomic mass is 15.1. The van der Waals surface area contributed by atoms with Crippen LogP contribution in [0.15, 0.2) is 18.3 Å². The molecule has 0 spiro atoms. The summed E-state index contributed by atoms with van der Waals surface area (Å²) in [6, 6.07) is 6.04. The quantitative estimate of drug-likeness (QED) is 0.801. The molecule has 0 saturated carbocycles. The fraction of sp³-hybridized carbons (Fsp3) is 0.571. The third-order valence-corrected chi connectivity index (χ3v) is 3.50. The number of pyridine rings is 1. The van der Waals surface area contributed by atoms with E-state index in [0.717, 1.165) is 24.6 Å². The minimum atomic E-state index is 0.549. The van der Waals surface area contributed by atoms with Gasteiger partial charge in [-0.15, -0.1) is 0 Å². The molecule has 0 radical (unpaired) electrons. The van der Waals surface area contributed by atoms with E-state index in [1.165, 1.54) is 19.5 Å². The van der Waals surface area contributed by atoms with Gasteiger partial charge in [-0.25, -0.2) is 4.98 Å². The molecule has 1 aliphatic rings. The molecule has 1 atom stereocenters. The van der Waals surface area contributed by atoms with Crippen molar-refractivity contribution in [3.05, 3.63) is 29.6 Å². The molecule has 1 aromatic rings. The molecule has 0 amide bonds. The lowest BCUT2D eigenvalue weighted by atomic mass is 10.1. The average Bonchev–Trinajstić information content (AvgIpc) is 2.75. The smallest absolute Gasteiger partial charge is 0.144 e. The normalized spacial score (nSPS) is 20.2. The van der Waals surface area contributed by atoms with Crippen molar-refractivity contribution in [1.29, 1.82) is 5.26 Å². The van der Waals surface area contributed by atoms with E-state index in [0.29, 0.717) is 5.69 Å². The van der Waals surface area contributed by atoms with Crippen LogP contribution in [0.25, 0.3) is 0 Å². The highest BCUT2D eigenvalue weighted by Crippen LogP contribution is 2.16. The number of rotatable bonds is 4. The van der Waals surface area contributed by atoms with Gasteiger partial charge in [-0.05, 0) is 39.0 Å². The van der Waals surface area contributed by atoms with Crippen LogP contribution in [0, 0.1) is 17.2 Å². The summed E-state index contributed by atoms with van der Waals surface area (Å²) < 4.78 is 0. The third kappa shape index (κ3) is 3.28. The topological polar surface area (TPSA) is 43.2 Å². The van der Waals surface area contributed by atoms with E-state index < -0.39 is 0 Å². The van der Waals surface area contributed by atoms with Crippen LogP contribution in [-0.4, -0.2) is 48.5 Å². The molecule has 0 N–H and O–H groups in total. The molecule has 0 aliphatic carbocycles. The van der Waals surface area contributed by atoms with Gasteiger partial charge >= 0.3 is 0 Å². The van der Waals surface area contributed by atoms with Gasteiger partial charge < -0.3 is 9.80 Å². The summed E-state index contributed by atoms with van der Waals surface area (Å²) in [5.74, 6) is 0.752. The largest absolute Gasteiger partial charge is 0.306 e. The van der Waals surface area contributed by atoms with Crippen LogP contribution in [0.4, 0.5) is 0 Å². The van der Waals surface area contributed by atoms with Crippen molar-refractivity contribution in [2.75, 3.05) is 33.7 Å². The van der Waals surface area contributed by atoms with Crippen LogP contribution < -0.4 is 0 Å². The predicted molar refractivity (Wildman–Crippen MR) is 70.9 cm³/mol. The van der Waals surface area contributed by atoms with Crippen LogP contribution >= 0.6 is 0 Å². The van der Waals surface area contributed by atoms with Crippen molar-refractivity contribution in [1.82, 2.24) is 14.8 Å². The van der Waals surface area contributed by atoms with Crippen LogP contribution in [0.3, 0.4) is 0 Å². The Morgan fingerprint density at radius 1 is 1.61 bits per heavy atom. The summed E-state index contributed by atoms with van der Waals surface area (Å²) in [6.07, 6.45) is 2.95. The van der Waals surface area contributed by atoms with Crippen LogP contribution in [0.2, 0.25) is 0 Å². The predicted octanol–water partition coefficient (Wildman–Crippen LogP) is 1.34. The van der Waals surface area contributed by atoms with Crippen molar-refractivity contribution in [2.24, 2.45) is 5.92 Å². The zero-order valence-corrected chi connectivity index (χ0v) is 11.1. The number of nitrogens with zero attached hydrogens (tertiary/aromatic N) is 4. The Bertz CT molecular complexity index is 438. The second-order valence-corrected chi connectivity index (χ2v) is 5.24. The number of hydrogen-bond donors (Lipinski definition) is 0. The van der Waals surface area contributed by atoms with Crippen molar-refractivity contribution in [2.45, 2.75) is 13.0 Å². The standard InChI is InChI=1S/C14H20N4/c1-17-7-5-12(9-17)10-18(2)11-13-4-3-6-16-14(13)8-15/h3-4,6,12H,5,7,9-11H2,1-2H3. The fourth-order valence-corrected chi connectivity index (χ4v) is 2.64. The maximum atomic E-state index is 9.01. The Labute approximate surface area is 109 Å². The van der Waals surface area contributed by atoms with Crippen LogP contribution in [-0.2, 0) is 6.54 Å². The fourth-order valence-electron chi connectivity index (χ4n) is 2.64. The highest BCUT2D eigenvalue weighted by molar-refractivity contribution is 5.30. The lowest BCUT2D eigenvalue weighted by Crippen LogP contribution is -2.27. The first-order chi connectivity index (χ1) is 8.69. The number of aromatic nitrogens is 1. The molecule has 18 heavy (non-hydrogen) atoms. The molecular formula is C14H20N4. The lowest BCUT2D eigenvalue weighted by Gasteiger charge is -2.21. The van der Waals surface area contributed by atoms with E-state index >= 15 is 0 Å². The maximum absolute atomic E-state index is 9.01. The Balaban J connectivity index is 1.91. The Morgan fingerprint density at radius 2 is 2.44 bits per heavy atom. The molecule has 2 rings (SSSR count). The van der Waals surface area contributed by atoms with Crippen LogP contribution in [0.1, 0.15) is 17.7 Å². The zero-order valence-electron chi connectivity index (χ0n) is 11.1. The van der Waals surface area contributed by atoms with Gasteiger partial charge in [-0.1, -0.05) is 6.07 Å².